The Hall–Kier alpha value is -0.450. The predicted octanol–water partition coefficient (Wildman–Crippen LogP) is 2.96. The van der Waals surface area contributed by atoms with Gasteiger partial charge in [-0.1, -0.05) is 20.8 Å². The lowest BCUT2D eigenvalue weighted by atomic mass is 9.98. The molecule has 1 heterocycles. The number of hydroxylamine groups is 1. The number of hydrogen-bond acceptors (Lipinski definition) is 4. The molecule has 0 fully saturated rings. The number of aromatic nitrogens is 1. The highest BCUT2D eigenvalue weighted by molar-refractivity contribution is 7.12. The lowest BCUT2D eigenvalue weighted by molar-refractivity contribution is 0.0666. The fourth-order valence-electron chi connectivity index (χ4n) is 1.36. The number of nitrogens with one attached hydrogen (secondary N) is 1. The molecule has 3 nitrogen and oxygen atoms in total. The topological polar surface area (TPSA) is 34.1 Å². The van der Waals surface area contributed by atoms with Crippen LogP contribution in [0.25, 0.3) is 0 Å². The van der Waals surface area contributed by atoms with Crippen molar-refractivity contribution in [2.45, 2.75) is 46.1 Å². The van der Waals surface area contributed by atoms with Gasteiger partial charge >= 0.3 is 0 Å². The van der Waals surface area contributed by atoms with Crippen molar-refractivity contribution >= 4 is 11.3 Å². The largest absolute Gasteiger partial charge is 0.305 e. The van der Waals surface area contributed by atoms with Gasteiger partial charge in [-0.2, -0.15) is 5.48 Å². The van der Waals surface area contributed by atoms with Crippen LogP contribution in [0.15, 0.2) is 0 Å². The second-order valence-electron chi connectivity index (χ2n) is 4.76. The van der Waals surface area contributed by atoms with Crippen molar-refractivity contribution in [3.63, 3.8) is 0 Å². The van der Waals surface area contributed by atoms with Crippen molar-refractivity contribution in [3.8, 4) is 0 Å². The Bertz CT molecular complexity index is 328. The van der Waals surface area contributed by atoms with E-state index in [1.165, 1.54) is 9.88 Å². The van der Waals surface area contributed by atoms with E-state index in [1.54, 1.807) is 18.4 Å². The second kappa shape index (κ2) is 4.60. The predicted molar refractivity (Wildman–Crippen MR) is 64.1 cm³/mol. The Morgan fingerprint density at radius 3 is 2.40 bits per heavy atom. The van der Waals surface area contributed by atoms with E-state index in [9.17, 15) is 0 Å². The summed E-state index contributed by atoms with van der Waals surface area (Å²) in [5, 5.41) is 1.18. The van der Waals surface area contributed by atoms with Crippen LogP contribution in [-0.2, 0) is 10.3 Å². The van der Waals surface area contributed by atoms with Gasteiger partial charge in [0.25, 0.3) is 0 Å². The van der Waals surface area contributed by atoms with E-state index in [0.717, 1.165) is 5.69 Å². The quantitative estimate of drug-likeness (QED) is 0.808. The Balaban J connectivity index is 2.96. The van der Waals surface area contributed by atoms with E-state index in [2.05, 4.69) is 45.1 Å². The molecule has 1 aromatic heterocycles. The molecule has 0 aliphatic rings. The summed E-state index contributed by atoms with van der Waals surface area (Å²) in [6.07, 6.45) is 0. The van der Waals surface area contributed by atoms with Gasteiger partial charge in [-0.3, -0.25) is 0 Å². The molecular weight excluding hydrogens is 208 g/mol. The van der Waals surface area contributed by atoms with Crippen molar-refractivity contribution in [1.29, 1.82) is 0 Å². The lowest BCUT2D eigenvalue weighted by Crippen LogP contribution is -2.16. The fraction of sp³-hybridized carbons (Fsp3) is 0.727. The molecule has 4 heteroatoms. The molecule has 1 unspecified atom stereocenters. The van der Waals surface area contributed by atoms with Crippen molar-refractivity contribution in [2.75, 3.05) is 7.11 Å². The van der Waals surface area contributed by atoms with Crippen molar-refractivity contribution < 1.29 is 4.84 Å². The lowest BCUT2D eigenvalue weighted by Gasteiger charge is -2.14. The van der Waals surface area contributed by atoms with Gasteiger partial charge in [0.2, 0.25) is 0 Å². The molecule has 0 aliphatic carbocycles. The molecule has 15 heavy (non-hydrogen) atoms. The second-order valence-corrected chi connectivity index (χ2v) is 5.79. The third-order valence-electron chi connectivity index (χ3n) is 2.16. The first kappa shape index (κ1) is 12.6. The zero-order valence-corrected chi connectivity index (χ0v) is 11.2. The normalized spacial score (nSPS) is 14.3. The average molecular weight is 228 g/mol. The number of hydrogen-bond donors (Lipinski definition) is 1. The van der Waals surface area contributed by atoms with Crippen LogP contribution >= 0.6 is 11.3 Å². The van der Waals surface area contributed by atoms with E-state index in [1.807, 2.05) is 0 Å². The smallest absolute Gasteiger partial charge is 0.0985 e. The van der Waals surface area contributed by atoms with Gasteiger partial charge in [-0.05, 0) is 13.8 Å². The SMILES string of the molecule is CONC(C)c1sc(C(C)(C)C)nc1C. The van der Waals surface area contributed by atoms with Crippen LogP contribution in [-0.4, -0.2) is 12.1 Å². The number of nitrogens with zero attached hydrogens (tertiary/aromatic N) is 1. The molecule has 1 N–H and O–H groups in total. The molecule has 1 aromatic rings. The van der Waals surface area contributed by atoms with Gasteiger partial charge in [-0.15, -0.1) is 11.3 Å². The molecule has 0 spiro atoms. The first-order valence-corrected chi connectivity index (χ1v) is 5.94. The molecule has 0 saturated carbocycles. The zero-order valence-electron chi connectivity index (χ0n) is 10.3. The highest BCUT2D eigenvalue weighted by Gasteiger charge is 2.22. The average Bonchev–Trinajstić information content (AvgIpc) is 2.47. The van der Waals surface area contributed by atoms with Crippen molar-refractivity contribution in [3.05, 3.63) is 15.6 Å². The summed E-state index contributed by atoms with van der Waals surface area (Å²) in [5.41, 5.74) is 4.16. The van der Waals surface area contributed by atoms with Gasteiger partial charge in [-0.25, -0.2) is 4.98 Å². The summed E-state index contributed by atoms with van der Waals surface area (Å²) in [5.74, 6) is 0. The molecular formula is C11H20N2OS. The summed E-state index contributed by atoms with van der Waals surface area (Å²) >= 11 is 1.76. The molecule has 0 saturated heterocycles. The van der Waals surface area contributed by atoms with Gasteiger partial charge in [0.1, 0.15) is 0 Å². The molecule has 86 valence electrons. The van der Waals surface area contributed by atoms with Gasteiger partial charge in [0.15, 0.2) is 0 Å². The summed E-state index contributed by atoms with van der Waals surface area (Å²) in [4.78, 5) is 10.8. The Morgan fingerprint density at radius 1 is 1.40 bits per heavy atom. The van der Waals surface area contributed by atoms with E-state index in [0.29, 0.717) is 0 Å². The van der Waals surface area contributed by atoms with Gasteiger partial charge in [0, 0.05) is 10.3 Å². The first-order chi connectivity index (χ1) is 6.86. The Labute approximate surface area is 95.8 Å². The van der Waals surface area contributed by atoms with Gasteiger partial charge in [0.05, 0.1) is 23.9 Å². The van der Waals surface area contributed by atoms with Crippen molar-refractivity contribution in [1.82, 2.24) is 10.5 Å². The van der Waals surface area contributed by atoms with Crippen LogP contribution in [0.3, 0.4) is 0 Å². The minimum Gasteiger partial charge on any atom is -0.305 e. The van der Waals surface area contributed by atoms with E-state index < -0.39 is 0 Å². The summed E-state index contributed by atoms with van der Waals surface area (Å²) in [7, 11) is 1.64. The summed E-state index contributed by atoms with van der Waals surface area (Å²) in [6, 6.07) is 0.198. The molecule has 0 aromatic carbocycles. The minimum atomic E-state index is 0.125. The van der Waals surface area contributed by atoms with E-state index >= 15 is 0 Å². The monoisotopic (exact) mass is 228 g/mol. The highest BCUT2D eigenvalue weighted by Crippen LogP contribution is 2.32. The molecule has 0 aliphatic heterocycles. The molecule has 1 rings (SSSR count). The number of thiazole rings is 1. The van der Waals surface area contributed by atoms with E-state index in [4.69, 9.17) is 4.84 Å². The van der Waals surface area contributed by atoms with Crippen LogP contribution in [0.1, 0.15) is 49.3 Å². The van der Waals surface area contributed by atoms with Crippen LogP contribution in [0.5, 0.6) is 0 Å². The third kappa shape index (κ3) is 3.00. The number of rotatable bonds is 3. The first-order valence-electron chi connectivity index (χ1n) is 5.12. The van der Waals surface area contributed by atoms with Crippen LogP contribution in [0.4, 0.5) is 0 Å². The maximum atomic E-state index is 4.94. The number of aryl methyl sites for hydroxylation is 1. The van der Waals surface area contributed by atoms with Crippen LogP contribution in [0, 0.1) is 6.92 Å². The van der Waals surface area contributed by atoms with Crippen LogP contribution < -0.4 is 5.48 Å². The molecule has 1 atom stereocenters. The van der Waals surface area contributed by atoms with Crippen LogP contribution in [0.2, 0.25) is 0 Å². The molecule has 0 amide bonds. The fourth-order valence-corrected chi connectivity index (χ4v) is 2.48. The maximum absolute atomic E-state index is 4.94. The Morgan fingerprint density at radius 2 is 2.00 bits per heavy atom. The summed E-state index contributed by atoms with van der Waals surface area (Å²) < 4.78 is 0. The van der Waals surface area contributed by atoms with E-state index in [-0.39, 0.29) is 11.5 Å². The third-order valence-corrected chi connectivity index (χ3v) is 3.93. The Kier molecular flexibility index (Phi) is 3.87. The van der Waals surface area contributed by atoms with Gasteiger partial charge < -0.3 is 4.84 Å². The molecule has 0 radical (unpaired) electrons. The highest BCUT2D eigenvalue weighted by atomic mass is 32.1. The molecule has 0 bridgehead atoms. The maximum Gasteiger partial charge on any atom is 0.0985 e. The zero-order chi connectivity index (χ0) is 11.6. The van der Waals surface area contributed by atoms with Crippen molar-refractivity contribution in [2.24, 2.45) is 0 Å². The minimum absolute atomic E-state index is 0.125. The standard InChI is InChI=1S/C11H20N2OS/c1-7-9(8(2)13-14-6)15-10(12-7)11(3,4)5/h8,13H,1-6H3. The summed E-state index contributed by atoms with van der Waals surface area (Å²) in [6.45, 7) is 10.7.